The topological polar surface area (TPSA) is 48.1 Å². The fraction of sp³-hybridized carbons (Fsp3) is 0.312. The Bertz CT molecular complexity index is 521. The molecule has 1 aromatic heterocycles. The average Bonchev–Trinajstić information content (AvgIpc) is 2.42. The predicted molar refractivity (Wildman–Crippen MR) is 77.6 cm³/mol. The van der Waals surface area contributed by atoms with Crippen molar-refractivity contribution in [1.29, 1.82) is 0 Å². The molecule has 2 aromatic rings. The molecule has 0 radical (unpaired) electrons. The molecule has 0 aliphatic carbocycles. The van der Waals surface area contributed by atoms with E-state index >= 15 is 0 Å². The van der Waals surface area contributed by atoms with Crippen molar-refractivity contribution in [3.63, 3.8) is 0 Å². The molecule has 0 saturated carbocycles. The number of hydrogen-bond acceptors (Lipinski definition) is 3. The zero-order valence-electron chi connectivity index (χ0n) is 11.5. The molecule has 0 atom stereocenters. The third-order valence-electron chi connectivity index (χ3n) is 2.98. The van der Waals surface area contributed by atoms with Gasteiger partial charge in [-0.3, -0.25) is 0 Å². The summed E-state index contributed by atoms with van der Waals surface area (Å²) in [4.78, 5) is 4.29. The van der Waals surface area contributed by atoms with Crippen molar-refractivity contribution in [3.05, 3.63) is 53.7 Å². The number of aromatic nitrogens is 1. The zero-order chi connectivity index (χ0) is 13.7. The Hall–Kier alpha value is -1.87. The number of nitrogens with two attached hydrogens (primary N) is 1. The van der Waals surface area contributed by atoms with E-state index in [9.17, 15) is 0 Å². The minimum atomic E-state index is 0.489. The lowest BCUT2D eigenvalue weighted by atomic mass is 10.0. The third-order valence-corrected chi connectivity index (χ3v) is 2.98. The van der Waals surface area contributed by atoms with Crippen LogP contribution in [-0.2, 0) is 6.42 Å². The van der Waals surface area contributed by atoms with E-state index in [1.165, 1.54) is 5.56 Å². The number of hydrogen-bond donors (Lipinski definition) is 1. The van der Waals surface area contributed by atoms with Gasteiger partial charge in [0.25, 0.3) is 0 Å². The fourth-order valence-corrected chi connectivity index (χ4v) is 1.84. The summed E-state index contributed by atoms with van der Waals surface area (Å²) < 4.78 is 5.76. The second-order valence-electron chi connectivity index (χ2n) is 4.87. The molecular weight excluding hydrogens is 236 g/mol. The standard InChI is InChI=1S/C16H20N2O/c1-12(2)14-4-3-5-15(10-14)19-16-7-6-13(8-9-17)11-18-16/h3-7,10-12H,8-9,17H2,1-2H3. The molecule has 2 N–H and O–H groups in total. The monoisotopic (exact) mass is 256 g/mol. The second-order valence-corrected chi connectivity index (χ2v) is 4.87. The van der Waals surface area contributed by atoms with E-state index in [2.05, 4.69) is 31.0 Å². The summed E-state index contributed by atoms with van der Waals surface area (Å²) >= 11 is 0. The summed E-state index contributed by atoms with van der Waals surface area (Å²) in [5, 5.41) is 0. The third kappa shape index (κ3) is 3.80. The van der Waals surface area contributed by atoms with E-state index in [-0.39, 0.29) is 0 Å². The lowest BCUT2D eigenvalue weighted by Crippen LogP contribution is -2.02. The first kappa shape index (κ1) is 13.6. The summed E-state index contributed by atoms with van der Waals surface area (Å²) in [6.45, 7) is 4.97. The van der Waals surface area contributed by atoms with E-state index in [1.807, 2.05) is 30.5 Å². The molecule has 0 aliphatic heterocycles. The molecule has 0 bridgehead atoms. The van der Waals surface area contributed by atoms with Crippen molar-refractivity contribution in [2.24, 2.45) is 5.73 Å². The second kappa shape index (κ2) is 6.34. The highest BCUT2D eigenvalue weighted by atomic mass is 16.5. The minimum absolute atomic E-state index is 0.489. The smallest absolute Gasteiger partial charge is 0.219 e. The van der Waals surface area contributed by atoms with Crippen LogP contribution >= 0.6 is 0 Å². The molecule has 3 nitrogen and oxygen atoms in total. The Balaban J connectivity index is 2.10. The molecule has 0 aliphatic rings. The molecule has 2 rings (SSSR count). The Kier molecular flexibility index (Phi) is 4.53. The molecule has 0 amide bonds. The molecule has 1 heterocycles. The van der Waals surface area contributed by atoms with Gasteiger partial charge in [0.05, 0.1) is 0 Å². The van der Waals surface area contributed by atoms with Crippen LogP contribution in [0.5, 0.6) is 11.6 Å². The summed E-state index contributed by atoms with van der Waals surface area (Å²) in [5.41, 5.74) is 7.90. The number of pyridine rings is 1. The summed E-state index contributed by atoms with van der Waals surface area (Å²) in [7, 11) is 0. The molecule has 1 aromatic carbocycles. The van der Waals surface area contributed by atoms with Crippen LogP contribution in [-0.4, -0.2) is 11.5 Å². The van der Waals surface area contributed by atoms with E-state index in [4.69, 9.17) is 10.5 Å². The van der Waals surface area contributed by atoms with Crippen LogP contribution in [0.25, 0.3) is 0 Å². The van der Waals surface area contributed by atoms with Gasteiger partial charge in [-0.25, -0.2) is 4.98 Å². The highest BCUT2D eigenvalue weighted by Crippen LogP contribution is 2.24. The summed E-state index contributed by atoms with van der Waals surface area (Å²) in [5.74, 6) is 1.93. The van der Waals surface area contributed by atoms with Crippen LogP contribution < -0.4 is 10.5 Å². The van der Waals surface area contributed by atoms with Gasteiger partial charge in [-0.05, 0) is 42.1 Å². The van der Waals surface area contributed by atoms with E-state index in [0.717, 1.165) is 17.7 Å². The van der Waals surface area contributed by atoms with Crippen molar-refractivity contribution in [2.45, 2.75) is 26.2 Å². The van der Waals surface area contributed by atoms with Crippen LogP contribution in [0, 0.1) is 0 Å². The van der Waals surface area contributed by atoms with Crippen LogP contribution in [0.15, 0.2) is 42.6 Å². The number of ether oxygens (including phenoxy) is 1. The molecule has 0 fully saturated rings. The van der Waals surface area contributed by atoms with Crippen LogP contribution in [0.4, 0.5) is 0 Å². The average molecular weight is 256 g/mol. The quantitative estimate of drug-likeness (QED) is 0.890. The van der Waals surface area contributed by atoms with Gasteiger partial charge in [0.2, 0.25) is 5.88 Å². The maximum absolute atomic E-state index is 5.76. The lowest BCUT2D eigenvalue weighted by molar-refractivity contribution is 0.461. The van der Waals surface area contributed by atoms with Crippen molar-refractivity contribution < 1.29 is 4.74 Å². The molecule has 0 unspecified atom stereocenters. The van der Waals surface area contributed by atoms with Gasteiger partial charge in [-0.2, -0.15) is 0 Å². The molecule has 3 heteroatoms. The van der Waals surface area contributed by atoms with Gasteiger partial charge >= 0.3 is 0 Å². The highest BCUT2D eigenvalue weighted by Gasteiger charge is 2.03. The van der Waals surface area contributed by atoms with Crippen molar-refractivity contribution in [2.75, 3.05) is 6.54 Å². The maximum atomic E-state index is 5.76. The van der Waals surface area contributed by atoms with E-state index in [1.54, 1.807) is 0 Å². The van der Waals surface area contributed by atoms with Gasteiger partial charge in [0.1, 0.15) is 5.75 Å². The van der Waals surface area contributed by atoms with Gasteiger partial charge < -0.3 is 10.5 Å². The van der Waals surface area contributed by atoms with E-state index in [0.29, 0.717) is 18.3 Å². The zero-order valence-corrected chi connectivity index (χ0v) is 11.5. The van der Waals surface area contributed by atoms with Gasteiger partial charge in [0.15, 0.2) is 0 Å². The summed E-state index contributed by atoms with van der Waals surface area (Å²) in [6, 6.07) is 12.0. The molecule has 0 saturated heterocycles. The lowest BCUT2D eigenvalue weighted by Gasteiger charge is -2.09. The largest absolute Gasteiger partial charge is 0.439 e. The number of rotatable bonds is 5. The van der Waals surface area contributed by atoms with E-state index < -0.39 is 0 Å². The first-order valence-corrected chi connectivity index (χ1v) is 6.62. The van der Waals surface area contributed by atoms with Crippen molar-refractivity contribution in [1.82, 2.24) is 4.98 Å². The molecular formula is C16H20N2O. The van der Waals surface area contributed by atoms with Gasteiger partial charge in [-0.15, -0.1) is 0 Å². The van der Waals surface area contributed by atoms with Crippen molar-refractivity contribution >= 4 is 0 Å². The van der Waals surface area contributed by atoms with Gasteiger partial charge in [0, 0.05) is 12.3 Å². The van der Waals surface area contributed by atoms with Crippen LogP contribution in [0.1, 0.15) is 30.9 Å². The number of nitrogens with zero attached hydrogens (tertiary/aromatic N) is 1. The Morgan fingerprint density at radius 2 is 2.05 bits per heavy atom. The molecule has 19 heavy (non-hydrogen) atoms. The highest BCUT2D eigenvalue weighted by molar-refractivity contribution is 5.33. The summed E-state index contributed by atoms with van der Waals surface area (Å²) in [6.07, 6.45) is 2.66. The molecule has 100 valence electrons. The van der Waals surface area contributed by atoms with Crippen molar-refractivity contribution in [3.8, 4) is 11.6 Å². The van der Waals surface area contributed by atoms with Crippen LogP contribution in [0.3, 0.4) is 0 Å². The predicted octanol–water partition coefficient (Wildman–Crippen LogP) is 3.50. The number of benzene rings is 1. The van der Waals surface area contributed by atoms with Gasteiger partial charge in [-0.1, -0.05) is 32.0 Å². The minimum Gasteiger partial charge on any atom is -0.439 e. The fourth-order valence-electron chi connectivity index (χ4n) is 1.84. The Morgan fingerprint density at radius 1 is 1.21 bits per heavy atom. The SMILES string of the molecule is CC(C)c1cccc(Oc2ccc(CCN)cn2)c1. The molecule has 0 spiro atoms. The first-order valence-electron chi connectivity index (χ1n) is 6.62. The Morgan fingerprint density at radius 3 is 2.68 bits per heavy atom. The Labute approximate surface area is 114 Å². The normalized spacial score (nSPS) is 10.7. The maximum Gasteiger partial charge on any atom is 0.219 e. The van der Waals surface area contributed by atoms with Crippen LogP contribution in [0.2, 0.25) is 0 Å². The first-order chi connectivity index (χ1) is 9.19.